The number of nitrogens with one attached hydrogen (secondary N) is 1. The van der Waals surface area contributed by atoms with E-state index in [1.165, 1.54) is 17.6 Å². The van der Waals surface area contributed by atoms with Crippen molar-refractivity contribution in [3.05, 3.63) is 39.4 Å². The number of carbonyl (C=O) groups is 1. The molecule has 0 aliphatic heterocycles. The van der Waals surface area contributed by atoms with Crippen LogP contribution >= 0.6 is 11.6 Å². The molecule has 2 heterocycles. The smallest absolute Gasteiger partial charge is 0.330 e. The third-order valence-corrected chi connectivity index (χ3v) is 3.56. The molecule has 0 amide bonds. The molecule has 6 nitrogen and oxygen atoms in total. The highest BCUT2D eigenvalue weighted by atomic mass is 35.5. The van der Waals surface area contributed by atoms with E-state index in [4.69, 9.17) is 16.3 Å². The topological polar surface area (TPSA) is 72.7 Å². The minimum atomic E-state index is -0.952. The van der Waals surface area contributed by atoms with E-state index in [2.05, 4.69) is 10.3 Å². The van der Waals surface area contributed by atoms with E-state index >= 15 is 0 Å². The van der Waals surface area contributed by atoms with Crippen LogP contribution in [0.2, 0.25) is 5.02 Å². The number of aromatic nitrogens is 2. The molecule has 1 N–H and O–H groups in total. The standard InChI is InChI=1S/C15H18ClN3O3/c1-5-9-7-12(20)19-8-10(6-11(16)13(19)17-9)18-15(2,3)14(21)22-4/h6-8,18H,5H2,1-4H3. The third kappa shape index (κ3) is 3.06. The minimum Gasteiger partial charge on any atom is -0.467 e. The third-order valence-electron chi connectivity index (χ3n) is 3.28. The Morgan fingerprint density at radius 3 is 2.73 bits per heavy atom. The number of esters is 1. The van der Waals surface area contributed by atoms with Crippen LogP contribution in [-0.2, 0) is 16.0 Å². The van der Waals surface area contributed by atoms with Crippen LogP contribution in [0.5, 0.6) is 0 Å². The molecule has 2 aromatic rings. The van der Waals surface area contributed by atoms with Crippen molar-refractivity contribution in [2.75, 3.05) is 12.4 Å². The van der Waals surface area contributed by atoms with Gasteiger partial charge < -0.3 is 10.1 Å². The fourth-order valence-corrected chi connectivity index (χ4v) is 2.38. The van der Waals surface area contributed by atoms with E-state index in [1.54, 1.807) is 26.1 Å². The molecule has 118 valence electrons. The lowest BCUT2D eigenvalue weighted by Crippen LogP contribution is -2.41. The quantitative estimate of drug-likeness (QED) is 0.874. The van der Waals surface area contributed by atoms with Gasteiger partial charge in [-0.15, -0.1) is 0 Å². The number of pyridine rings is 1. The molecule has 0 radical (unpaired) electrons. The lowest BCUT2D eigenvalue weighted by atomic mass is 10.1. The Morgan fingerprint density at radius 1 is 1.45 bits per heavy atom. The van der Waals surface area contributed by atoms with Crippen LogP contribution in [0.25, 0.3) is 5.65 Å². The predicted octanol–water partition coefficient (Wildman–Crippen LogP) is 2.27. The second-order valence-corrected chi connectivity index (χ2v) is 5.86. The van der Waals surface area contributed by atoms with Gasteiger partial charge in [0.1, 0.15) is 5.54 Å². The van der Waals surface area contributed by atoms with Crippen LogP contribution in [0, 0.1) is 0 Å². The van der Waals surface area contributed by atoms with Gasteiger partial charge in [0.25, 0.3) is 5.56 Å². The second kappa shape index (κ2) is 5.96. The van der Waals surface area contributed by atoms with E-state index in [9.17, 15) is 9.59 Å². The summed E-state index contributed by atoms with van der Waals surface area (Å²) in [6.07, 6.45) is 2.22. The van der Waals surface area contributed by atoms with Gasteiger partial charge in [-0.2, -0.15) is 0 Å². The number of methoxy groups -OCH3 is 1. The molecule has 0 fully saturated rings. The van der Waals surface area contributed by atoms with Gasteiger partial charge in [0, 0.05) is 18.0 Å². The van der Waals surface area contributed by atoms with Crippen LogP contribution < -0.4 is 10.9 Å². The Labute approximate surface area is 133 Å². The van der Waals surface area contributed by atoms with Gasteiger partial charge in [-0.3, -0.25) is 9.20 Å². The molecular formula is C15H18ClN3O3. The number of hydrogen-bond acceptors (Lipinski definition) is 5. The number of hydrogen-bond donors (Lipinski definition) is 1. The van der Waals surface area contributed by atoms with Gasteiger partial charge in [-0.25, -0.2) is 9.78 Å². The van der Waals surface area contributed by atoms with E-state index in [-0.39, 0.29) is 5.56 Å². The highest BCUT2D eigenvalue weighted by molar-refractivity contribution is 6.33. The Hall–Kier alpha value is -2.08. The van der Waals surface area contributed by atoms with Crippen LogP contribution in [0.3, 0.4) is 0 Å². The Bertz CT molecular complexity index is 783. The van der Waals surface area contributed by atoms with Crippen LogP contribution in [0.1, 0.15) is 26.5 Å². The van der Waals surface area contributed by atoms with Crippen LogP contribution in [0.4, 0.5) is 5.69 Å². The average molecular weight is 324 g/mol. The van der Waals surface area contributed by atoms with E-state index in [0.29, 0.717) is 28.5 Å². The molecule has 2 rings (SSSR count). The van der Waals surface area contributed by atoms with Crippen molar-refractivity contribution in [3.8, 4) is 0 Å². The molecule has 0 saturated heterocycles. The molecule has 0 unspecified atom stereocenters. The molecule has 2 aromatic heterocycles. The number of rotatable bonds is 4. The normalized spacial score (nSPS) is 11.5. The first-order valence-electron chi connectivity index (χ1n) is 6.87. The molecule has 0 atom stereocenters. The first-order valence-corrected chi connectivity index (χ1v) is 7.24. The summed E-state index contributed by atoms with van der Waals surface area (Å²) >= 11 is 6.23. The molecule has 0 bridgehead atoms. The monoisotopic (exact) mass is 323 g/mol. The Balaban J connectivity index is 2.53. The highest BCUT2D eigenvalue weighted by Crippen LogP contribution is 2.23. The van der Waals surface area contributed by atoms with Crippen molar-refractivity contribution in [1.29, 1.82) is 0 Å². The maximum atomic E-state index is 12.2. The summed E-state index contributed by atoms with van der Waals surface area (Å²) < 4.78 is 6.10. The molecule has 0 aliphatic carbocycles. The maximum Gasteiger partial charge on any atom is 0.330 e. The fraction of sp³-hybridized carbons (Fsp3) is 0.400. The maximum absolute atomic E-state index is 12.2. The van der Waals surface area contributed by atoms with Gasteiger partial charge in [-0.1, -0.05) is 18.5 Å². The molecule has 7 heteroatoms. The first-order chi connectivity index (χ1) is 10.3. The van der Waals surface area contributed by atoms with Crippen molar-refractivity contribution in [2.24, 2.45) is 0 Å². The van der Waals surface area contributed by atoms with Gasteiger partial charge in [-0.05, 0) is 26.3 Å². The van der Waals surface area contributed by atoms with Crippen LogP contribution in [0.15, 0.2) is 23.1 Å². The fourth-order valence-electron chi connectivity index (χ4n) is 2.13. The number of aryl methyl sites for hydroxylation is 1. The van der Waals surface area contributed by atoms with Crippen molar-refractivity contribution in [3.63, 3.8) is 0 Å². The summed E-state index contributed by atoms with van der Waals surface area (Å²) in [4.78, 5) is 28.3. The first kappa shape index (κ1) is 16.3. The highest BCUT2D eigenvalue weighted by Gasteiger charge is 2.28. The van der Waals surface area contributed by atoms with E-state index < -0.39 is 11.5 Å². The minimum absolute atomic E-state index is 0.219. The Morgan fingerprint density at radius 2 is 2.14 bits per heavy atom. The number of anilines is 1. The lowest BCUT2D eigenvalue weighted by molar-refractivity contribution is -0.144. The molecule has 0 spiro atoms. The second-order valence-electron chi connectivity index (χ2n) is 5.45. The van der Waals surface area contributed by atoms with Gasteiger partial charge in [0.05, 0.1) is 17.8 Å². The summed E-state index contributed by atoms with van der Waals surface area (Å²) in [5, 5.41) is 3.34. The lowest BCUT2D eigenvalue weighted by Gasteiger charge is -2.24. The number of halogens is 1. The SMILES string of the molecule is CCc1cc(=O)n2cc(NC(C)(C)C(=O)OC)cc(Cl)c2n1. The summed E-state index contributed by atoms with van der Waals surface area (Å²) in [7, 11) is 1.32. The van der Waals surface area contributed by atoms with E-state index in [0.717, 1.165) is 0 Å². The summed E-state index contributed by atoms with van der Waals surface area (Å²) in [5.74, 6) is -0.421. The van der Waals surface area contributed by atoms with Crippen molar-refractivity contribution in [2.45, 2.75) is 32.7 Å². The molecule has 0 aromatic carbocycles. The number of carbonyl (C=O) groups excluding carboxylic acids is 1. The summed E-state index contributed by atoms with van der Waals surface area (Å²) in [6.45, 7) is 5.28. The average Bonchev–Trinajstić information content (AvgIpc) is 2.46. The molecule has 22 heavy (non-hydrogen) atoms. The zero-order chi connectivity index (χ0) is 16.5. The molecule has 0 saturated carbocycles. The largest absolute Gasteiger partial charge is 0.467 e. The summed E-state index contributed by atoms with van der Waals surface area (Å²) in [6, 6.07) is 3.10. The summed E-state index contributed by atoms with van der Waals surface area (Å²) in [5.41, 5.74) is 0.436. The van der Waals surface area contributed by atoms with Crippen LogP contribution in [-0.4, -0.2) is 28.0 Å². The van der Waals surface area contributed by atoms with Gasteiger partial charge in [0.15, 0.2) is 5.65 Å². The van der Waals surface area contributed by atoms with Crippen molar-refractivity contribution >= 4 is 28.9 Å². The number of fused-ring (bicyclic) bond motifs is 1. The van der Waals surface area contributed by atoms with Crippen molar-refractivity contribution < 1.29 is 9.53 Å². The Kier molecular flexibility index (Phi) is 4.42. The van der Waals surface area contributed by atoms with E-state index in [1.807, 2.05) is 6.92 Å². The van der Waals surface area contributed by atoms with Gasteiger partial charge in [0.2, 0.25) is 0 Å². The zero-order valence-electron chi connectivity index (χ0n) is 12.9. The number of ether oxygens (including phenoxy) is 1. The predicted molar refractivity (Wildman–Crippen MR) is 85.6 cm³/mol. The van der Waals surface area contributed by atoms with Gasteiger partial charge >= 0.3 is 5.97 Å². The number of nitrogens with zero attached hydrogens (tertiary/aromatic N) is 2. The zero-order valence-corrected chi connectivity index (χ0v) is 13.7. The molecular weight excluding hydrogens is 306 g/mol. The molecule has 0 aliphatic rings. The van der Waals surface area contributed by atoms with Crippen molar-refractivity contribution in [1.82, 2.24) is 9.38 Å².